The van der Waals surface area contributed by atoms with Crippen molar-refractivity contribution < 1.29 is 0 Å². The summed E-state index contributed by atoms with van der Waals surface area (Å²) in [6, 6.07) is 0.494. The third kappa shape index (κ3) is 2.98. The topological polar surface area (TPSA) is 92.0 Å². The fourth-order valence-electron chi connectivity index (χ4n) is 1.97. The number of nitrogens with one attached hydrogen (secondary N) is 2. The van der Waals surface area contributed by atoms with Gasteiger partial charge in [0.1, 0.15) is 0 Å². The Morgan fingerprint density at radius 2 is 2.00 bits per heavy atom. The summed E-state index contributed by atoms with van der Waals surface area (Å²) in [6.07, 6.45) is 3.67. The molecule has 0 saturated heterocycles. The first kappa shape index (κ1) is 12.8. The van der Waals surface area contributed by atoms with E-state index >= 15 is 0 Å². The molecule has 7 heteroatoms. The highest BCUT2D eigenvalue weighted by Crippen LogP contribution is 2.36. The van der Waals surface area contributed by atoms with Gasteiger partial charge in [-0.2, -0.15) is 15.0 Å². The van der Waals surface area contributed by atoms with Crippen molar-refractivity contribution in [3.8, 4) is 0 Å². The van der Waals surface area contributed by atoms with Crippen molar-refractivity contribution >= 4 is 17.8 Å². The molecule has 2 unspecified atom stereocenters. The Balaban J connectivity index is 2.06. The zero-order chi connectivity index (χ0) is 13.1. The summed E-state index contributed by atoms with van der Waals surface area (Å²) in [7, 11) is 3.77. The molecule has 0 amide bonds. The van der Waals surface area contributed by atoms with Crippen LogP contribution in [0.2, 0.25) is 0 Å². The SMILES string of the molecule is CCCC1CC1Nc1nc(NN)nc(N(C)C)n1. The number of nitrogens with zero attached hydrogens (tertiary/aromatic N) is 4. The second-order valence-corrected chi connectivity index (χ2v) is 4.86. The van der Waals surface area contributed by atoms with E-state index in [4.69, 9.17) is 5.84 Å². The minimum atomic E-state index is 0.379. The molecule has 1 aromatic heterocycles. The lowest BCUT2D eigenvalue weighted by Crippen LogP contribution is -2.19. The largest absolute Gasteiger partial charge is 0.351 e. The van der Waals surface area contributed by atoms with Gasteiger partial charge in [-0.3, -0.25) is 5.43 Å². The van der Waals surface area contributed by atoms with Crippen molar-refractivity contribution in [1.29, 1.82) is 0 Å². The van der Waals surface area contributed by atoms with E-state index in [-0.39, 0.29) is 0 Å². The van der Waals surface area contributed by atoms with Gasteiger partial charge in [-0.25, -0.2) is 5.84 Å². The van der Waals surface area contributed by atoms with E-state index in [1.54, 1.807) is 0 Å². The number of hydrogen-bond donors (Lipinski definition) is 3. The molecular formula is C11H21N7. The van der Waals surface area contributed by atoms with Crippen LogP contribution >= 0.6 is 0 Å². The molecule has 1 aromatic rings. The summed E-state index contributed by atoms with van der Waals surface area (Å²) in [5, 5.41) is 3.34. The molecule has 4 N–H and O–H groups in total. The van der Waals surface area contributed by atoms with Gasteiger partial charge >= 0.3 is 0 Å². The van der Waals surface area contributed by atoms with Crippen molar-refractivity contribution in [3.05, 3.63) is 0 Å². The molecule has 100 valence electrons. The van der Waals surface area contributed by atoms with Crippen LogP contribution in [-0.4, -0.2) is 35.1 Å². The second-order valence-electron chi connectivity index (χ2n) is 4.86. The predicted octanol–water partition coefficient (Wildman–Crippen LogP) is 0.824. The Bertz CT molecular complexity index is 406. The van der Waals surface area contributed by atoms with Gasteiger partial charge in [-0.15, -0.1) is 0 Å². The quantitative estimate of drug-likeness (QED) is 0.509. The average molecular weight is 251 g/mol. The summed E-state index contributed by atoms with van der Waals surface area (Å²) in [6.45, 7) is 2.21. The van der Waals surface area contributed by atoms with E-state index in [9.17, 15) is 0 Å². The monoisotopic (exact) mass is 251 g/mol. The fourth-order valence-corrected chi connectivity index (χ4v) is 1.97. The molecule has 1 aliphatic rings. The number of anilines is 3. The Morgan fingerprint density at radius 1 is 1.28 bits per heavy atom. The van der Waals surface area contributed by atoms with Crippen molar-refractivity contribution in [2.45, 2.75) is 32.2 Å². The van der Waals surface area contributed by atoms with Gasteiger partial charge in [0.25, 0.3) is 0 Å². The summed E-state index contributed by atoms with van der Waals surface area (Å²) in [5.41, 5.74) is 2.46. The Kier molecular flexibility index (Phi) is 3.81. The first-order valence-corrected chi connectivity index (χ1v) is 6.30. The molecule has 1 saturated carbocycles. The van der Waals surface area contributed by atoms with Gasteiger partial charge in [0.2, 0.25) is 17.8 Å². The van der Waals surface area contributed by atoms with Crippen LogP contribution in [0.1, 0.15) is 26.2 Å². The molecule has 0 aliphatic heterocycles. The molecule has 7 nitrogen and oxygen atoms in total. The summed E-state index contributed by atoms with van der Waals surface area (Å²) in [5.74, 6) is 7.67. The van der Waals surface area contributed by atoms with Gasteiger partial charge in [-0.05, 0) is 18.8 Å². The highest BCUT2D eigenvalue weighted by Gasteiger charge is 2.36. The van der Waals surface area contributed by atoms with Crippen LogP contribution in [0.3, 0.4) is 0 Å². The number of hydrazine groups is 1. The molecule has 0 radical (unpaired) electrons. The Morgan fingerprint density at radius 3 is 2.61 bits per heavy atom. The molecule has 1 heterocycles. The number of nitrogen functional groups attached to an aromatic ring is 1. The average Bonchev–Trinajstić information content (AvgIpc) is 3.07. The van der Waals surface area contributed by atoms with Crippen LogP contribution < -0.4 is 21.5 Å². The predicted molar refractivity (Wildman–Crippen MR) is 72.4 cm³/mol. The van der Waals surface area contributed by atoms with E-state index in [1.165, 1.54) is 19.3 Å². The molecule has 1 fully saturated rings. The van der Waals surface area contributed by atoms with E-state index in [1.807, 2.05) is 19.0 Å². The van der Waals surface area contributed by atoms with E-state index < -0.39 is 0 Å². The van der Waals surface area contributed by atoms with E-state index in [0.717, 1.165) is 5.92 Å². The minimum absolute atomic E-state index is 0.379. The molecule has 0 aromatic carbocycles. The zero-order valence-corrected chi connectivity index (χ0v) is 11.1. The summed E-state index contributed by atoms with van der Waals surface area (Å²) in [4.78, 5) is 14.6. The van der Waals surface area contributed by atoms with Gasteiger partial charge in [0.05, 0.1) is 0 Å². The molecule has 0 spiro atoms. The third-order valence-corrected chi connectivity index (χ3v) is 3.05. The van der Waals surface area contributed by atoms with Crippen LogP contribution in [0.4, 0.5) is 17.8 Å². The van der Waals surface area contributed by atoms with E-state index in [2.05, 4.69) is 32.6 Å². The van der Waals surface area contributed by atoms with Crippen LogP contribution in [-0.2, 0) is 0 Å². The van der Waals surface area contributed by atoms with Crippen molar-refractivity contribution in [1.82, 2.24) is 15.0 Å². The lowest BCUT2D eigenvalue weighted by molar-refractivity contribution is 0.691. The fraction of sp³-hybridized carbons (Fsp3) is 0.727. The van der Waals surface area contributed by atoms with Crippen LogP contribution in [0.25, 0.3) is 0 Å². The van der Waals surface area contributed by atoms with Crippen molar-refractivity contribution in [2.75, 3.05) is 29.7 Å². The Hall–Kier alpha value is -1.63. The Labute approximate surface area is 107 Å². The first-order chi connectivity index (χ1) is 8.63. The number of aromatic nitrogens is 3. The minimum Gasteiger partial charge on any atom is -0.351 e. The molecule has 0 bridgehead atoms. The highest BCUT2D eigenvalue weighted by molar-refractivity contribution is 5.43. The van der Waals surface area contributed by atoms with Crippen LogP contribution in [0.5, 0.6) is 0 Å². The normalized spacial score (nSPS) is 21.6. The second kappa shape index (κ2) is 5.34. The maximum atomic E-state index is 5.36. The highest BCUT2D eigenvalue weighted by atomic mass is 15.4. The van der Waals surface area contributed by atoms with Gasteiger partial charge in [0, 0.05) is 20.1 Å². The summed E-state index contributed by atoms with van der Waals surface area (Å²) >= 11 is 0. The number of hydrogen-bond acceptors (Lipinski definition) is 7. The maximum Gasteiger partial charge on any atom is 0.243 e. The molecule has 1 aliphatic carbocycles. The van der Waals surface area contributed by atoms with E-state index in [0.29, 0.717) is 23.9 Å². The number of rotatable bonds is 6. The van der Waals surface area contributed by atoms with Crippen LogP contribution in [0.15, 0.2) is 0 Å². The lowest BCUT2D eigenvalue weighted by Gasteiger charge is -2.13. The number of nitrogens with two attached hydrogens (primary N) is 1. The smallest absolute Gasteiger partial charge is 0.243 e. The van der Waals surface area contributed by atoms with Crippen molar-refractivity contribution in [3.63, 3.8) is 0 Å². The molecule has 18 heavy (non-hydrogen) atoms. The van der Waals surface area contributed by atoms with Gasteiger partial charge < -0.3 is 10.2 Å². The third-order valence-electron chi connectivity index (χ3n) is 3.05. The summed E-state index contributed by atoms with van der Waals surface area (Å²) < 4.78 is 0. The van der Waals surface area contributed by atoms with Gasteiger partial charge in [-0.1, -0.05) is 13.3 Å². The molecule has 2 atom stereocenters. The standard InChI is InChI=1S/C11H21N7/c1-4-5-7-6-8(7)13-9-14-10(17-12)16-11(15-9)18(2)3/h7-8H,4-6,12H2,1-3H3,(H2,13,14,15,16,17). The maximum absolute atomic E-state index is 5.36. The zero-order valence-electron chi connectivity index (χ0n) is 11.1. The van der Waals surface area contributed by atoms with Crippen LogP contribution in [0, 0.1) is 5.92 Å². The molecular weight excluding hydrogens is 230 g/mol. The molecule has 2 rings (SSSR count). The van der Waals surface area contributed by atoms with Gasteiger partial charge in [0.15, 0.2) is 0 Å². The first-order valence-electron chi connectivity index (χ1n) is 6.30. The lowest BCUT2D eigenvalue weighted by atomic mass is 10.2. The van der Waals surface area contributed by atoms with Crippen molar-refractivity contribution in [2.24, 2.45) is 11.8 Å².